The van der Waals surface area contributed by atoms with Gasteiger partial charge in [0, 0.05) is 22.4 Å². The van der Waals surface area contributed by atoms with Gasteiger partial charge in [0.25, 0.3) is 0 Å². The average Bonchev–Trinajstić information content (AvgIpc) is 3.72. The molecule has 1 heteroatoms. The lowest BCUT2D eigenvalue weighted by Crippen LogP contribution is -2.28. The zero-order valence-corrected chi connectivity index (χ0v) is 33.4. The number of rotatable bonds is 6. The van der Waals surface area contributed by atoms with Crippen LogP contribution in [0.5, 0.6) is 0 Å². The largest absolute Gasteiger partial charge is 0.355 e. The first-order chi connectivity index (χ1) is 29.0. The Bertz CT molecular complexity index is 2820. The normalized spacial score (nSPS) is 13.5. The molecule has 0 fully saturated rings. The smallest absolute Gasteiger partial charge is 0.0714 e. The van der Waals surface area contributed by atoms with Crippen molar-refractivity contribution >= 4 is 11.4 Å². The van der Waals surface area contributed by atoms with Crippen LogP contribution in [0, 0.1) is 0 Å². The van der Waals surface area contributed by atoms with Crippen LogP contribution in [0.4, 0.5) is 11.4 Å². The van der Waals surface area contributed by atoms with Crippen molar-refractivity contribution in [2.24, 2.45) is 0 Å². The molecule has 11 rings (SSSR count). The molecule has 9 aromatic rings. The second-order valence-corrected chi connectivity index (χ2v) is 16.1. The average molecular weight is 756 g/mol. The fourth-order valence-electron chi connectivity index (χ4n) is 9.65. The topological polar surface area (TPSA) is 12.0 Å². The second-order valence-electron chi connectivity index (χ2n) is 16.1. The minimum Gasteiger partial charge on any atom is -0.355 e. The molecule has 0 saturated heterocycles. The van der Waals surface area contributed by atoms with Crippen molar-refractivity contribution in [1.29, 1.82) is 0 Å². The lowest BCUT2D eigenvalue weighted by Gasteiger charge is -2.34. The Morgan fingerprint density at radius 1 is 0.305 bits per heavy atom. The molecule has 0 spiro atoms. The van der Waals surface area contributed by atoms with Crippen molar-refractivity contribution < 1.29 is 0 Å². The Hall–Kier alpha value is -7.22. The first kappa shape index (κ1) is 36.1. The van der Waals surface area contributed by atoms with Crippen molar-refractivity contribution in [1.82, 2.24) is 0 Å². The van der Waals surface area contributed by atoms with Gasteiger partial charge in [-0.3, -0.25) is 0 Å². The molecule has 1 nitrogen and oxygen atoms in total. The molecule has 2 aliphatic rings. The molecule has 0 aromatic heterocycles. The maximum absolute atomic E-state index is 3.96. The van der Waals surface area contributed by atoms with Crippen molar-refractivity contribution in [2.75, 3.05) is 5.32 Å². The predicted octanol–water partition coefficient (Wildman–Crippen LogP) is 15.1. The van der Waals surface area contributed by atoms with Gasteiger partial charge in [-0.15, -0.1) is 0 Å². The van der Waals surface area contributed by atoms with Gasteiger partial charge in [-0.05, 0) is 96.6 Å². The molecule has 1 N–H and O–H groups in total. The fraction of sp³-hybridized carbons (Fsp3) is 0.0690. The van der Waals surface area contributed by atoms with Gasteiger partial charge >= 0.3 is 0 Å². The summed E-state index contributed by atoms with van der Waals surface area (Å²) in [5.74, 6) is 0. The minimum atomic E-state index is -0.457. The van der Waals surface area contributed by atoms with E-state index in [1.807, 2.05) is 12.1 Å². The third kappa shape index (κ3) is 6.18. The van der Waals surface area contributed by atoms with Gasteiger partial charge in [0.1, 0.15) is 0 Å². The quantitative estimate of drug-likeness (QED) is 0.178. The van der Waals surface area contributed by atoms with Gasteiger partial charge in [0.15, 0.2) is 0 Å². The van der Waals surface area contributed by atoms with E-state index in [9.17, 15) is 0 Å². The monoisotopic (exact) mass is 755 g/mol. The highest BCUT2D eigenvalue weighted by atomic mass is 14.9. The molecule has 282 valence electrons. The van der Waals surface area contributed by atoms with Crippen molar-refractivity contribution in [3.05, 3.63) is 264 Å². The first-order valence-corrected chi connectivity index (χ1v) is 20.6. The zero-order valence-electron chi connectivity index (χ0n) is 33.4. The van der Waals surface area contributed by atoms with Crippen LogP contribution in [0.15, 0.2) is 231 Å². The van der Waals surface area contributed by atoms with Crippen LogP contribution < -0.4 is 5.32 Å². The third-order valence-electron chi connectivity index (χ3n) is 12.4. The number of nitrogens with one attached hydrogen (secondary N) is 1. The highest BCUT2D eigenvalue weighted by Gasteiger charge is 2.46. The van der Waals surface area contributed by atoms with Gasteiger partial charge in [0.2, 0.25) is 0 Å². The Morgan fingerprint density at radius 2 is 0.746 bits per heavy atom. The van der Waals surface area contributed by atoms with Crippen molar-refractivity contribution in [3.8, 4) is 44.5 Å². The van der Waals surface area contributed by atoms with E-state index in [4.69, 9.17) is 0 Å². The first-order valence-electron chi connectivity index (χ1n) is 20.6. The number of anilines is 2. The highest BCUT2D eigenvalue weighted by Crippen LogP contribution is 2.58. The van der Waals surface area contributed by atoms with Crippen LogP contribution in [-0.2, 0) is 10.8 Å². The van der Waals surface area contributed by atoms with E-state index in [-0.39, 0.29) is 5.41 Å². The van der Waals surface area contributed by atoms with Gasteiger partial charge < -0.3 is 5.32 Å². The van der Waals surface area contributed by atoms with E-state index < -0.39 is 5.41 Å². The van der Waals surface area contributed by atoms with E-state index in [0.717, 1.165) is 11.4 Å². The molecule has 0 atom stereocenters. The molecular formula is C58H45N. The molecule has 0 aliphatic heterocycles. The Morgan fingerprint density at radius 3 is 1.31 bits per heavy atom. The van der Waals surface area contributed by atoms with Crippen LogP contribution in [0.1, 0.15) is 47.2 Å². The Labute approximate surface area is 348 Å². The molecule has 0 bridgehead atoms. The van der Waals surface area contributed by atoms with E-state index in [1.54, 1.807) is 0 Å². The number of benzene rings is 9. The van der Waals surface area contributed by atoms with Crippen LogP contribution in [-0.4, -0.2) is 0 Å². The van der Waals surface area contributed by atoms with E-state index >= 15 is 0 Å². The SMILES string of the molecule is CC1(C)c2ccccc2-c2ccc(Nc3cc4c(cc3-c3ccccc3)-c3ccccc3C4(c3ccccc3)c3ccccc3)cc21.c1ccc(-c2ccccc2)cc1. The van der Waals surface area contributed by atoms with Crippen molar-refractivity contribution in [2.45, 2.75) is 24.7 Å². The minimum absolute atomic E-state index is 0.0682. The van der Waals surface area contributed by atoms with E-state index in [2.05, 4.69) is 238 Å². The highest BCUT2D eigenvalue weighted by molar-refractivity contribution is 5.94. The Balaban J connectivity index is 0.000000300. The number of hydrogen-bond acceptors (Lipinski definition) is 1. The summed E-state index contributed by atoms with van der Waals surface area (Å²) in [6.45, 7) is 4.69. The molecule has 9 aromatic carbocycles. The van der Waals surface area contributed by atoms with Gasteiger partial charge in [-0.1, -0.05) is 220 Å². The summed E-state index contributed by atoms with van der Waals surface area (Å²) in [6.07, 6.45) is 0. The maximum Gasteiger partial charge on any atom is 0.0714 e. The van der Waals surface area contributed by atoms with Crippen LogP contribution in [0.3, 0.4) is 0 Å². The van der Waals surface area contributed by atoms with Crippen molar-refractivity contribution in [3.63, 3.8) is 0 Å². The second kappa shape index (κ2) is 14.9. The molecule has 0 saturated carbocycles. The van der Waals surface area contributed by atoms with E-state index in [0.29, 0.717) is 0 Å². The summed E-state index contributed by atoms with van der Waals surface area (Å²) in [5, 5.41) is 3.96. The summed E-state index contributed by atoms with van der Waals surface area (Å²) in [5.41, 5.74) is 19.8. The van der Waals surface area contributed by atoms with E-state index in [1.165, 1.54) is 77.9 Å². The summed E-state index contributed by atoms with van der Waals surface area (Å²) in [6, 6.07) is 83.2. The lowest BCUT2D eigenvalue weighted by molar-refractivity contribution is 0.660. The summed E-state index contributed by atoms with van der Waals surface area (Å²) >= 11 is 0. The van der Waals surface area contributed by atoms with Gasteiger partial charge in [-0.25, -0.2) is 0 Å². The molecule has 0 radical (unpaired) electrons. The maximum atomic E-state index is 3.96. The summed E-state index contributed by atoms with van der Waals surface area (Å²) in [7, 11) is 0. The number of fused-ring (bicyclic) bond motifs is 6. The number of hydrogen-bond donors (Lipinski definition) is 1. The van der Waals surface area contributed by atoms with Crippen LogP contribution in [0.2, 0.25) is 0 Å². The standard InChI is InChI=1S/C46H35N.C12H10/c1-45(2)40-24-14-12-22-35(40)37-27-26-34(28-42(37)45)47-44-30-43-39(29-38(44)31-16-6-3-7-17-31)36-23-13-15-25-41(36)46(43,32-18-8-4-9-19-32)33-20-10-5-11-21-33;1-3-7-11(8-4-1)12-9-5-2-6-10-12/h3-30,47H,1-2H3;1-10H. The van der Waals surface area contributed by atoms with Crippen LogP contribution in [0.25, 0.3) is 44.5 Å². The molecule has 0 heterocycles. The molecule has 0 amide bonds. The molecule has 59 heavy (non-hydrogen) atoms. The van der Waals surface area contributed by atoms with Gasteiger partial charge in [-0.2, -0.15) is 0 Å². The lowest BCUT2D eigenvalue weighted by atomic mass is 9.67. The summed E-state index contributed by atoms with van der Waals surface area (Å²) < 4.78 is 0. The fourth-order valence-corrected chi connectivity index (χ4v) is 9.65. The van der Waals surface area contributed by atoms with Gasteiger partial charge in [0.05, 0.1) is 5.41 Å². The third-order valence-corrected chi connectivity index (χ3v) is 12.4. The zero-order chi connectivity index (χ0) is 39.8. The molecular weight excluding hydrogens is 711 g/mol. The van der Waals surface area contributed by atoms with Crippen LogP contribution >= 0.6 is 0 Å². The molecule has 0 unspecified atom stereocenters. The summed E-state index contributed by atoms with van der Waals surface area (Å²) in [4.78, 5) is 0. The predicted molar refractivity (Wildman–Crippen MR) is 248 cm³/mol. The molecule has 2 aliphatic carbocycles. The Kier molecular flexibility index (Phi) is 9.15.